The normalized spacial score (nSPS) is 14.5. The molecule has 0 heterocycles. The molecule has 0 rings (SSSR count). The quantitative estimate of drug-likeness (QED) is 0.0326. The summed E-state index contributed by atoms with van der Waals surface area (Å²) in [5.41, 5.74) is 11.1. The van der Waals surface area contributed by atoms with Gasteiger partial charge in [-0.05, 0) is 19.4 Å². The van der Waals surface area contributed by atoms with E-state index in [2.05, 4.69) is 39.2 Å². The first-order valence-corrected chi connectivity index (χ1v) is 15.1. The first-order valence-electron chi connectivity index (χ1n) is 14.5. The lowest BCUT2D eigenvalue weighted by atomic mass is 10.1. The highest BCUT2D eigenvalue weighted by atomic mass is 32.1. The Bertz CT molecular complexity index is 1120. The fraction of sp³-hybridized carbons (Fsp3) is 0.680. The van der Waals surface area contributed by atoms with Gasteiger partial charge in [0.05, 0.1) is 45.6 Å². The largest absolute Gasteiger partial charge is 0.480 e. The van der Waals surface area contributed by atoms with Crippen LogP contribution in [0.5, 0.6) is 0 Å². The zero-order valence-electron chi connectivity index (χ0n) is 25.8. The van der Waals surface area contributed by atoms with Crippen molar-refractivity contribution in [1.29, 1.82) is 0 Å². The van der Waals surface area contributed by atoms with Crippen molar-refractivity contribution in [3.63, 3.8) is 0 Å². The molecule has 0 fully saturated rings. The fourth-order valence-corrected chi connectivity index (χ4v) is 3.75. The number of aliphatic hydroxyl groups excluding tert-OH is 4. The SMILES string of the molecule is NCCCC[C@H](N)C(=O)N[C@@H](CO)C(=O)NCC(=O)N[C@@H](CO)C(=O)N[C@@H](CS)C(=O)N[C@@H](CO)C(=O)NCC(=O)N[C@@H](CO)C(=O)O. The van der Waals surface area contributed by atoms with E-state index in [4.69, 9.17) is 21.7 Å². The van der Waals surface area contributed by atoms with E-state index >= 15 is 0 Å². The Kier molecular flexibility index (Phi) is 22.0. The molecule has 7 amide bonds. The van der Waals surface area contributed by atoms with Crippen LogP contribution in [0.15, 0.2) is 0 Å². The van der Waals surface area contributed by atoms with Crippen molar-refractivity contribution in [3.8, 4) is 0 Å². The number of aliphatic carboxylic acids is 1. The molecule has 0 radical (unpaired) electrons. The molecule has 48 heavy (non-hydrogen) atoms. The molecule has 16 N–H and O–H groups in total. The molecular weight excluding hydrogens is 666 g/mol. The number of aliphatic hydroxyl groups is 4. The lowest BCUT2D eigenvalue weighted by Crippen LogP contribution is -2.59. The number of hydrogen-bond donors (Lipinski definition) is 15. The number of carboxylic acid groups (broad SMARTS) is 1. The smallest absolute Gasteiger partial charge is 0.328 e. The summed E-state index contributed by atoms with van der Waals surface area (Å²) in [5.74, 6) is -8.76. The third-order valence-electron chi connectivity index (χ3n) is 6.25. The second kappa shape index (κ2) is 24.1. The van der Waals surface area contributed by atoms with Gasteiger partial charge in [0, 0.05) is 5.75 Å². The zero-order valence-corrected chi connectivity index (χ0v) is 26.7. The number of nitrogens with two attached hydrogens (primary N) is 2. The van der Waals surface area contributed by atoms with E-state index in [0.717, 1.165) is 0 Å². The van der Waals surface area contributed by atoms with E-state index < -0.39 is 123 Å². The van der Waals surface area contributed by atoms with E-state index in [0.29, 0.717) is 19.4 Å². The first-order chi connectivity index (χ1) is 22.7. The minimum Gasteiger partial charge on any atom is -0.480 e. The lowest BCUT2D eigenvalue weighted by molar-refractivity contribution is -0.143. The molecule has 0 saturated carbocycles. The maximum Gasteiger partial charge on any atom is 0.328 e. The van der Waals surface area contributed by atoms with E-state index in [-0.39, 0.29) is 12.2 Å². The molecule has 0 bridgehead atoms. The van der Waals surface area contributed by atoms with Crippen LogP contribution in [0.3, 0.4) is 0 Å². The molecule has 23 heteroatoms. The Labute approximate surface area is 279 Å². The molecule has 6 atom stereocenters. The van der Waals surface area contributed by atoms with Crippen LogP contribution in [0.25, 0.3) is 0 Å². The molecule has 0 aromatic heterocycles. The predicted octanol–water partition coefficient (Wildman–Crippen LogP) is -8.92. The Balaban J connectivity index is 5.01. The standard InChI is InChI=1S/C25H45N9O13S/c26-4-2-1-3-12(27)20(41)32-13(7-35)21(42)28-5-18(39)30-15(9-37)23(44)34-17(11-48)24(45)33-14(8-36)22(43)29-6-19(40)31-16(10-38)25(46)47/h12-17,35-38,48H,1-11,26-27H2,(H,28,42)(H,29,43)(H,30,39)(H,31,40)(H,32,41)(H,33,45)(H,34,44)(H,46,47)/t12-,13-,14-,15-,16-,17-/m0/s1. The summed E-state index contributed by atoms with van der Waals surface area (Å²) in [6.07, 6.45) is 1.48. The van der Waals surface area contributed by atoms with Gasteiger partial charge in [0.15, 0.2) is 0 Å². The highest BCUT2D eigenvalue weighted by molar-refractivity contribution is 7.80. The van der Waals surface area contributed by atoms with Gasteiger partial charge in [-0.1, -0.05) is 6.42 Å². The first kappa shape index (κ1) is 43.9. The van der Waals surface area contributed by atoms with Gasteiger partial charge in [-0.3, -0.25) is 33.6 Å². The van der Waals surface area contributed by atoms with Gasteiger partial charge in [-0.2, -0.15) is 12.6 Å². The summed E-state index contributed by atoms with van der Waals surface area (Å²) >= 11 is 3.95. The Morgan fingerprint density at radius 1 is 0.562 bits per heavy atom. The summed E-state index contributed by atoms with van der Waals surface area (Å²) in [4.78, 5) is 97.2. The third kappa shape index (κ3) is 16.6. The maximum absolute atomic E-state index is 12.7. The number of carbonyl (C=O) groups excluding carboxylic acids is 7. The van der Waals surface area contributed by atoms with Gasteiger partial charge >= 0.3 is 5.97 Å². The summed E-state index contributed by atoms with van der Waals surface area (Å²) in [6, 6.07) is -8.81. The van der Waals surface area contributed by atoms with E-state index in [1.165, 1.54) is 0 Å². The summed E-state index contributed by atoms with van der Waals surface area (Å²) in [5, 5.41) is 61.2. The maximum atomic E-state index is 12.7. The Morgan fingerprint density at radius 2 is 0.958 bits per heavy atom. The van der Waals surface area contributed by atoms with Crippen LogP contribution in [0.4, 0.5) is 0 Å². The average molecular weight is 712 g/mol. The second-order valence-corrected chi connectivity index (χ2v) is 10.4. The number of nitrogens with one attached hydrogen (secondary N) is 7. The van der Waals surface area contributed by atoms with Crippen LogP contribution >= 0.6 is 12.6 Å². The van der Waals surface area contributed by atoms with Crippen LogP contribution in [0, 0.1) is 0 Å². The van der Waals surface area contributed by atoms with Gasteiger partial charge in [0.2, 0.25) is 41.4 Å². The summed E-state index contributed by atoms with van der Waals surface area (Å²) in [6.45, 7) is -4.80. The molecule has 22 nitrogen and oxygen atoms in total. The highest BCUT2D eigenvalue weighted by Crippen LogP contribution is 1.99. The Morgan fingerprint density at radius 3 is 1.38 bits per heavy atom. The van der Waals surface area contributed by atoms with E-state index in [9.17, 15) is 53.7 Å². The van der Waals surface area contributed by atoms with E-state index in [1.54, 1.807) is 0 Å². The molecule has 0 aliphatic carbocycles. The average Bonchev–Trinajstić information content (AvgIpc) is 3.06. The fourth-order valence-electron chi connectivity index (χ4n) is 3.50. The van der Waals surface area contributed by atoms with Crippen molar-refractivity contribution in [1.82, 2.24) is 37.2 Å². The number of carboxylic acids is 1. The van der Waals surface area contributed by atoms with Crippen molar-refractivity contribution >= 4 is 59.9 Å². The zero-order chi connectivity index (χ0) is 36.8. The van der Waals surface area contributed by atoms with Crippen molar-refractivity contribution < 1.29 is 63.9 Å². The molecule has 0 aliphatic rings. The molecule has 0 spiro atoms. The van der Waals surface area contributed by atoms with Crippen molar-refractivity contribution in [3.05, 3.63) is 0 Å². The number of rotatable bonds is 24. The van der Waals surface area contributed by atoms with Crippen LogP contribution < -0.4 is 48.7 Å². The summed E-state index contributed by atoms with van der Waals surface area (Å²) < 4.78 is 0. The third-order valence-corrected chi connectivity index (χ3v) is 6.61. The van der Waals surface area contributed by atoms with Gasteiger partial charge in [-0.15, -0.1) is 0 Å². The van der Waals surface area contributed by atoms with Gasteiger partial charge < -0.3 is 74.2 Å². The number of carbonyl (C=O) groups is 8. The van der Waals surface area contributed by atoms with Gasteiger partial charge in [0.25, 0.3) is 0 Å². The number of hydrogen-bond acceptors (Lipinski definition) is 15. The number of unbranched alkanes of at least 4 members (excludes halogenated alkanes) is 1. The lowest BCUT2D eigenvalue weighted by Gasteiger charge is -2.23. The number of thiol groups is 1. The van der Waals surface area contributed by atoms with Crippen molar-refractivity contribution in [2.75, 3.05) is 51.8 Å². The molecular formula is C25H45N9O13S. The Hall–Kier alpha value is -4.13. The van der Waals surface area contributed by atoms with Crippen LogP contribution in [0.2, 0.25) is 0 Å². The van der Waals surface area contributed by atoms with Gasteiger partial charge in [-0.25, -0.2) is 4.79 Å². The molecule has 274 valence electrons. The molecule has 0 aromatic carbocycles. The van der Waals surface area contributed by atoms with Crippen LogP contribution in [-0.4, -0.2) is 161 Å². The summed E-state index contributed by atoms with van der Waals surface area (Å²) in [7, 11) is 0. The van der Waals surface area contributed by atoms with Gasteiger partial charge in [0.1, 0.15) is 30.2 Å². The molecule has 0 saturated heterocycles. The highest BCUT2D eigenvalue weighted by Gasteiger charge is 2.30. The molecule has 0 unspecified atom stereocenters. The van der Waals surface area contributed by atoms with Crippen LogP contribution in [-0.2, 0) is 38.4 Å². The molecule has 0 aliphatic heterocycles. The topological polar surface area (TPSA) is 374 Å². The van der Waals surface area contributed by atoms with Crippen molar-refractivity contribution in [2.45, 2.75) is 55.5 Å². The van der Waals surface area contributed by atoms with Crippen LogP contribution in [0.1, 0.15) is 19.3 Å². The second-order valence-electron chi connectivity index (χ2n) is 10.0. The van der Waals surface area contributed by atoms with E-state index in [1.807, 2.05) is 10.6 Å². The number of amides is 7. The minimum atomic E-state index is -1.64. The minimum absolute atomic E-state index is 0.285. The predicted molar refractivity (Wildman–Crippen MR) is 166 cm³/mol. The molecule has 0 aromatic rings. The monoisotopic (exact) mass is 711 g/mol. The van der Waals surface area contributed by atoms with Crippen molar-refractivity contribution in [2.24, 2.45) is 11.5 Å².